The highest BCUT2D eigenvalue weighted by molar-refractivity contribution is 5.82. The van der Waals surface area contributed by atoms with Gasteiger partial charge >= 0.3 is 5.97 Å². The van der Waals surface area contributed by atoms with E-state index in [0.29, 0.717) is 11.8 Å². The smallest absolute Gasteiger partial charge is 0.326 e. The SMILES string of the molecule is COC(=O)C1(NCCN(C)C)C2CC3CC(C2)CC1C3. The molecule has 0 atom stereocenters. The summed E-state index contributed by atoms with van der Waals surface area (Å²) in [6, 6.07) is 0. The van der Waals surface area contributed by atoms with Crippen molar-refractivity contribution in [1.29, 1.82) is 0 Å². The van der Waals surface area contributed by atoms with Crippen LogP contribution in [0.1, 0.15) is 32.1 Å². The normalized spacial score (nSPS) is 42.2. The second-order valence-corrected chi connectivity index (χ2v) is 7.40. The van der Waals surface area contributed by atoms with Gasteiger partial charge in [0, 0.05) is 13.1 Å². The Morgan fingerprint density at radius 3 is 2.15 bits per heavy atom. The van der Waals surface area contributed by atoms with E-state index in [1.165, 1.54) is 32.1 Å². The third-order valence-electron chi connectivity index (χ3n) is 5.93. The van der Waals surface area contributed by atoms with Crippen LogP contribution < -0.4 is 5.32 Å². The van der Waals surface area contributed by atoms with Crippen molar-refractivity contribution in [2.24, 2.45) is 23.7 Å². The highest BCUT2D eigenvalue weighted by Gasteiger charge is 2.61. The number of esters is 1. The second kappa shape index (κ2) is 5.30. The first-order valence-electron chi connectivity index (χ1n) is 8.04. The number of rotatable bonds is 5. The Bertz CT molecular complexity index is 353. The lowest BCUT2D eigenvalue weighted by Gasteiger charge is -2.59. The zero-order valence-electron chi connectivity index (χ0n) is 13.0. The van der Waals surface area contributed by atoms with Crippen LogP contribution >= 0.6 is 0 Å². The molecule has 0 unspecified atom stereocenters. The molecule has 4 rings (SSSR count). The topological polar surface area (TPSA) is 41.6 Å². The predicted molar refractivity (Wildman–Crippen MR) is 78.3 cm³/mol. The lowest BCUT2D eigenvalue weighted by Crippen LogP contribution is -2.69. The molecule has 4 bridgehead atoms. The molecule has 114 valence electrons. The molecule has 4 aliphatic carbocycles. The van der Waals surface area contributed by atoms with E-state index in [1.807, 2.05) is 0 Å². The van der Waals surface area contributed by atoms with Crippen LogP contribution in [0, 0.1) is 23.7 Å². The zero-order valence-corrected chi connectivity index (χ0v) is 13.0. The number of carbonyl (C=O) groups excluding carboxylic acids is 1. The summed E-state index contributed by atoms with van der Waals surface area (Å²) in [6.07, 6.45) is 6.28. The Morgan fingerprint density at radius 2 is 1.70 bits per heavy atom. The summed E-state index contributed by atoms with van der Waals surface area (Å²) in [6.45, 7) is 1.83. The van der Waals surface area contributed by atoms with Gasteiger partial charge in [-0.2, -0.15) is 0 Å². The van der Waals surface area contributed by atoms with Crippen LogP contribution in [0.3, 0.4) is 0 Å². The van der Waals surface area contributed by atoms with Crippen molar-refractivity contribution in [3.63, 3.8) is 0 Å². The van der Waals surface area contributed by atoms with E-state index in [0.717, 1.165) is 24.9 Å². The largest absolute Gasteiger partial charge is 0.468 e. The Balaban J connectivity index is 1.81. The average Bonchev–Trinajstić information content (AvgIpc) is 2.40. The molecule has 4 fully saturated rings. The first-order chi connectivity index (χ1) is 9.56. The van der Waals surface area contributed by atoms with Crippen molar-refractivity contribution in [3.05, 3.63) is 0 Å². The average molecular weight is 280 g/mol. The summed E-state index contributed by atoms with van der Waals surface area (Å²) in [7, 11) is 5.69. The molecule has 1 N–H and O–H groups in total. The van der Waals surface area contributed by atoms with Crippen molar-refractivity contribution in [2.45, 2.75) is 37.6 Å². The lowest BCUT2D eigenvalue weighted by atomic mass is 9.48. The van der Waals surface area contributed by atoms with Gasteiger partial charge in [0.15, 0.2) is 0 Å². The molecule has 0 amide bonds. The zero-order chi connectivity index (χ0) is 14.3. The molecule has 0 heterocycles. The molecule has 4 saturated carbocycles. The van der Waals surface area contributed by atoms with Crippen LogP contribution in [0.5, 0.6) is 0 Å². The number of carbonyl (C=O) groups is 1. The van der Waals surface area contributed by atoms with Crippen LogP contribution in [-0.2, 0) is 9.53 Å². The molecule has 0 saturated heterocycles. The van der Waals surface area contributed by atoms with Gasteiger partial charge in [0.25, 0.3) is 0 Å². The number of methoxy groups -OCH3 is 1. The predicted octanol–water partition coefficient (Wildman–Crippen LogP) is 1.51. The molecule has 0 aromatic carbocycles. The van der Waals surface area contributed by atoms with E-state index in [-0.39, 0.29) is 5.97 Å². The van der Waals surface area contributed by atoms with Gasteiger partial charge in [-0.25, -0.2) is 0 Å². The van der Waals surface area contributed by atoms with Gasteiger partial charge in [0.1, 0.15) is 5.54 Å². The fraction of sp³-hybridized carbons (Fsp3) is 0.938. The Kier molecular flexibility index (Phi) is 3.80. The summed E-state index contributed by atoms with van der Waals surface area (Å²) in [5.41, 5.74) is -0.391. The van der Waals surface area contributed by atoms with Gasteiger partial charge in [0.2, 0.25) is 0 Å². The van der Waals surface area contributed by atoms with Crippen LogP contribution in [0.2, 0.25) is 0 Å². The van der Waals surface area contributed by atoms with Crippen LogP contribution in [0.25, 0.3) is 0 Å². The van der Waals surface area contributed by atoms with E-state index in [9.17, 15) is 4.79 Å². The highest BCUT2D eigenvalue weighted by atomic mass is 16.5. The molecule has 0 aliphatic heterocycles. The minimum absolute atomic E-state index is 0.00921. The lowest BCUT2D eigenvalue weighted by molar-refractivity contribution is -0.168. The number of nitrogens with zero attached hydrogens (tertiary/aromatic N) is 1. The van der Waals surface area contributed by atoms with Gasteiger partial charge in [0.05, 0.1) is 7.11 Å². The van der Waals surface area contributed by atoms with Gasteiger partial charge < -0.3 is 15.0 Å². The summed E-state index contributed by atoms with van der Waals surface area (Å²) >= 11 is 0. The van der Waals surface area contributed by atoms with Crippen LogP contribution in [-0.4, -0.2) is 50.7 Å². The van der Waals surface area contributed by atoms with Crippen LogP contribution in [0.15, 0.2) is 0 Å². The molecular weight excluding hydrogens is 252 g/mol. The molecule has 4 aliphatic rings. The van der Waals surface area contributed by atoms with Crippen molar-refractivity contribution < 1.29 is 9.53 Å². The standard InChI is InChI=1S/C16H28N2O2/c1-18(2)5-4-17-16(15(19)20-3)13-7-11-6-12(9-13)10-14(16)8-11/h11-14,17H,4-10H2,1-3H3. The van der Waals surface area contributed by atoms with Gasteiger partial charge in [-0.15, -0.1) is 0 Å². The second-order valence-electron chi connectivity index (χ2n) is 7.40. The van der Waals surface area contributed by atoms with Gasteiger partial charge in [-0.1, -0.05) is 0 Å². The number of ether oxygens (including phenoxy) is 1. The van der Waals surface area contributed by atoms with E-state index in [4.69, 9.17) is 4.74 Å². The van der Waals surface area contributed by atoms with E-state index >= 15 is 0 Å². The monoisotopic (exact) mass is 280 g/mol. The van der Waals surface area contributed by atoms with Gasteiger partial charge in [-0.3, -0.25) is 4.79 Å². The van der Waals surface area contributed by atoms with Crippen molar-refractivity contribution in [3.8, 4) is 0 Å². The van der Waals surface area contributed by atoms with Crippen molar-refractivity contribution in [1.82, 2.24) is 10.2 Å². The molecular formula is C16H28N2O2. The van der Waals surface area contributed by atoms with E-state index in [2.05, 4.69) is 24.3 Å². The Morgan fingerprint density at radius 1 is 1.15 bits per heavy atom. The van der Waals surface area contributed by atoms with Gasteiger partial charge in [-0.05, 0) is 69.9 Å². The maximum atomic E-state index is 12.6. The molecule has 0 aromatic rings. The quantitative estimate of drug-likeness (QED) is 0.775. The van der Waals surface area contributed by atoms with E-state index in [1.54, 1.807) is 7.11 Å². The third kappa shape index (κ3) is 2.17. The summed E-state index contributed by atoms with van der Waals surface area (Å²) in [5.74, 6) is 2.71. The third-order valence-corrected chi connectivity index (χ3v) is 5.93. The maximum absolute atomic E-state index is 12.6. The molecule has 20 heavy (non-hydrogen) atoms. The Hall–Kier alpha value is -0.610. The maximum Gasteiger partial charge on any atom is 0.326 e. The fourth-order valence-corrected chi connectivity index (χ4v) is 5.28. The highest BCUT2D eigenvalue weighted by Crippen LogP contribution is 2.58. The first kappa shape index (κ1) is 14.3. The molecule has 4 nitrogen and oxygen atoms in total. The molecule has 0 radical (unpaired) electrons. The minimum atomic E-state index is -0.391. The Labute approximate surface area is 122 Å². The van der Waals surface area contributed by atoms with Crippen molar-refractivity contribution >= 4 is 5.97 Å². The fourth-order valence-electron chi connectivity index (χ4n) is 5.28. The summed E-state index contributed by atoms with van der Waals surface area (Å²) < 4.78 is 5.22. The van der Waals surface area contributed by atoms with E-state index < -0.39 is 5.54 Å². The molecule has 0 spiro atoms. The molecule has 4 heteroatoms. The minimum Gasteiger partial charge on any atom is -0.468 e. The number of hydrogen-bond donors (Lipinski definition) is 1. The summed E-state index contributed by atoms with van der Waals surface area (Å²) in [5, 5.41) is 3.64. The first-order valence-corrected chi connectivity index (χ1v) is 8.04. The number of nitrogens with one attached hydrogen (secondary N) is 1. The summed E-state index contributed by atoms with van der Waals surface area (Å²) in [4.78, 5) is 14.8. The number of hydrogen-bond acceptors (Lipinski definition) is 4. The molecule has 0 aromatic heterocycles. The van der Waals surface area contributed by atoms with Crippen LogP contribution in [0.4, 0.5) is 0 Å². The number of likely N-dealkylation sites (N-methyl/N-ethyl adjacent to an activating group) is 1. The van der Waals surface area contributed by atoms with Crippen molar-refractivity contribution in [2.75, 3.05) is 34.3 Å².